The van der Waals surface area contributed by atoms with Crippen molar-refractivity contribution in [2.45, 2.75) is 37.8 Å². The van der Waals surface area contributed by atoms with Crippen LogP contribution in [0.2, 0.25) is 0 Å². The molecule has 106 valence electrons. The molecule has 0 N–H and O–H groups in total. The van der Waals surface area contributed by atoms with E-state index in [4.69, 9.17) is 14.2 Å². The molecule has 2 unspecified atom stereocenters. The number of amides is 1. The highest BCUT2D eigenvalue weighted by molar-refractivity contribution is 5.74. The van der Waals surface area contributed by atoms with E-state index in [0.29, 0.717) is 0 Å². The monoisotopic (exact) mass is 275 g/mol. The van der Waals surface area contributed by atoms with Crippen molar-refractivity contribution in [3.8, 4) is 11.5 Å². The van der Waals surface area contributed by atoms with E-state index in [1.165, 1.54) is 5.56 Å². The highest BCUT2D eigenvalue weighted by Crippen LogP contribution is 2.54. The van der Waals surface area contributed by atoms with Gasteiger partial charge in [-0.1, -0.05) is 0 Å². The molecule has 0 radical (unpaired) electrons. The Bertz CT molecular complexity index is 629. The number of benzene rings is 1. The second-order valence-corrected chi connectivity index (χ2v) is 6.09. The summed E-state index contributed by atoms with van der Waals surface area (Å²) in [5.41, 5.74) is 1.33. The molecule has 1 fully saturated rings. The zero-order valence-electron chi connectivity index (χ0n) is 11.9. The van der Waals surface area contributed by atoms with Gasteiger partial charge in [0.05, 0.1) is 0 Å². The first-order valence-electron chi connectivity index (χ1n) is 6.85. The van der Waals surface area contributed by atoms with E-state index in [2.05, 4.69) is 6.92 Å². The van der Waals surface area contributed by atoms with Crippen LogP contribution < -0.4 is 9.47 Å². The summed E-state index contributed by atoms with van der Waals surface area (Å²) in [6.07, 6.45) is 1.42. The number of carbonyl (C=O) groups excluding carboxylic acids is 1. The smallest absolute Gasteiger partial charge is 0.411 e. The van der Waals surface area contributed by atoms with Crippen molar-refractivity contribution >= 4 is 6.09 Å². The third-order valence-corrected chi connectivity index (χ3v) is 5.28. The van der Waals surface area contributed by atoms with Crippen LogP contribution in [0.4, 0.5) is 4.79 Å². The topological polar surface area (TPSA) is 48.0 Å². The molecule has 1 aromatic carbocycles. The van der Waals surface area contributed by atoms with Crippen molar-refractivity contribution in [3.63, 3.8) is 0 Å². The van der Waals surface area contributed by atoms with E-state index in [9.17, 15) is 4.79 Å². The van der Waals surface area contributed by atoms with Crippen LogP contribution in [-0.2, 0) is 16.7 Å². The molecule has 3 aliphatic rings. The molecule has 0 spiro atoms. The van der Waals surface area contributed by atoms with Crippen LogP contribution in [0.5, 0.6) is 11.5 Å². The average molecular weight is 275 g/mol. The molecule has 1 saturated heterocycles. The lowest BCUT2D eigenvalue weighted by Gasteiger charge is -2.45. The standard InChI is InChI=1S/C15H17NO4/c1-14-5-4-9-6-11-12(19-8-18-11)7-10(9)15(14,2)16(3)13(17)20-14/h6-7H,4-5,8H2,1-3H3. The van der Waals surface area contributed by atoms with Gasteiger partial charge in [0, 0.05) is 7.05 Å². The van der Waals surface area contributed by atoms with E-state index in [0.717, 1.165) is 29.9 Å². The maximum absolute atomic E-state index is 12.0. The lowest BCUT2D eigenvalue weighted by molar-refractivity contribution is -0.00640. The molecule has 2 heterocycles. The van der Waals surface area contributed by atoms with Crippen LogP contribution in [0.25, 0.3) is 0 Å². The molecule has 1 aliphatic carbocycles. The first kappa shape index (κ1) is 11.9. The van der Waals surface area contributed by atoms with Crippen LogP contribution in [0.3, 0.4) is 0 Å². The van der Waals surface area contributed by atoms with Gasteiger partial charge < -0.3 is 14.2 Å². The lowest BCUT2D eigenvalue weighted by atomic mass is 9.67. The first-order valence-corrected chi connectivity index (χ1v) is 6.85. The van der Waals surface area contributed by atoms with Crippen molar-refractivity contribution < 1.29 is 19.0 Å². The van der Waals surface area contributed by atoms with Crippen LogP contribution >= 0.6 is 0 Å². The fourth-order valence-corrected chi connectivity index (χ4v) is 3.68. The second-order valence-electron chi connectivity index (χ2n) is 6.09. The van der Waals surface area contributed by atoms with Crippen molar-refractivity contribution in [2.24, 2.45) is 0 Å². The molecule has 20 heavy (non-hydrogen) atoms. The van der Waals surface area contributed by atoms with Gasteiger partial charge in [-0.25, -0.2) is 4.79 Å². The van der Waals surface area contributed by atoms with Crippen molar-refractivity contribution in [1.29, 1.82) is 0 Å². The van der Waals surface area contributed by atoms with Gasteiger partial charge in [0.1, 0.15) is 11.1 Å². The van der Waals surface area contributed by atoms with E-state index < -0.39 is 11.1 Å². The Morgan fingerprint density at radius 1 is 1.20 bits per heavy atom. The summed E-state index contributed by atoms with van der Waals surface area (Å²) < 4.78 is 16.6. The molecular formula is C15H17NO4. The van der Waals surface area contributed by atoms with Gasteiger partial charge in [-0.05, 0) is 49.9 Å². The van der Waals surface area contributed by atoms with E-state index >= 15 is 0 Å². The molecule has 2 aliphatic heterocycles. The molecule has 0 bridgehead atoms. The third-order valence-electron chi connectivity index (χ3n) is 5.28. The van der Waals surface area contributed by atoms with E-state index in [-0.39, 0.29) is 12.9 Å². The largest absolute Gasteiger partial charge is 0.454 e. The fourth-order valence-electron chi connectivity index (χ4n) is 3.68. The predicted octanol–water partition coefficient (Wildman–Crippen LogP) is 2.42. The predicted molar refractivity (Wildman–Crippen MR) is 70.9 cm³/mol. The Labute approximate surface area is 117 Å². The Morgan fingerprint density at radius 3 is 2.65 bits per heavy atom. The minimum atomic E-state index is -0.500. The molecule has 1 aromatic rings. The van der Waals surface area contributed by atoms with Crippen LogP contribution in [0.15, 0.2) is 12.1 Å². The number of hydrogen-bond acceptors (Lipinski definition) is 4. The maximum Gasteiger partial charge on any atom is 0.411 e. The van der Waals surface area contributed by atoms with E-state index in [1.54, 1.807) is 11.9 Å². The van der Waals surface area contributed by atoms with Crippen LogP contribution in [0, 0.1) is 0 Å². The minimum Gasteiger partial charge on any atom is -0.454 e. The van der Waals surface area contributed by atoms with Crippen molar-refractivity contribution in [2.75, 3.05) is 13.8 Å². The summed E-state index contributed by atoms with van der Waals surface area (Å²) in [6, 6.07) is 4.05. The number of hydrogen-bond donors (Lipinski definition) is 0. The van der Waals surface area contributed by atoms with Crippen LogP contribution in [-0.4, -0.2) is 30.4 Å². The van der Waals surface area contributed by atoms with Gasteiger partial charge in [-0.15, -0.1) is 0 Å². The van der Waals surface area contributed by atoms with Crippen molar-refractivity contribution in [3.05, 3.63) is 23.3 Å². The van der Waals surface area contributed by atoms with E-state index in [1.807, 2.05) is 19.1 Å². The number of fused-ring (bicyclic) bond motifs is 4. The summed E-state index contributed by atoms with van der Waals surface area (Å²) in [6.45, 7) is 4.34. The molecule has 4 rings (SSSR count). The number of aryl methyl sites for hydroxylation is 1. The van der Waals surface area contributed by atoms with Gasteiger partial charge in [-0.3, -0.25) is 4.90 Å². The Morgan fingerprint density at radius 2 is 1.90 bits per heavy atom. The molecule has 0 aromatic heterocycles. The van der Waals surface area contributed by atoms with Crippen molar-refractivity contribution in [1.82, 2.24) is 4.90 Å². The zero-order valence-corrected chi connectivity index (χ0v) is 11.9. The average Bonchev–Trinajstić information content (AvgIpc) is 2.94. The SMILES string of the molecule is CN1C(=O)OC2(C)CCc3cc4c(cc3C12C)OCO4. The summed E-state index contributed by atoms with van der Waals surface area (Å²) >= 11 is 0. The fraction of sp³-hybridized carbons (Fsp3) is 0.533. The molecule has 2 atom stereocenters. The van der Waals surface area contributed by atoms with Gasteiger partial charge in [0.25, 0.3) is 0 Å². The molecule has 5 nitrogen and oxygen atoms in total. The third kappa shape index (κ3) is 1.16. The highest BCUT2D eigenvalue weighted by atomic mass is 16.7. The quantitative estimate of drug-likeness (QED) is 0.729. The summed E-state index contributed by atoms with van der Waals surface area (Å²) in [7, 11) is 1.80. The first-order chi connectivity index (χ1) is 9.46. The summed E-state index contributed by atoms with van der Waals surface area (Å²) in [5.74, 6) is 1.55. The Balaban J connectivity index is 1.95. The van der Waals surface area contributed by atoms with Gasteiger partial charge in [-0.2, -0.15) is 0 Å². The summed E-state index contributed by atoms with van der Waals surface area (Å²) in [5, 5.41) is 0. The number of ether oxygens (including phenoxy) is 3. The molecule has 5 heteroatoms. The normalized spacial score (nSPS) is 33.8. The molecule has 1 amide bonds. The van der Waals surface area contributed by atoms with Crippen LogP contribution in [0.1, 0.15) is 31.4 Å². The maximum atomic E-state index is 12.0. The lowest BCUT2D eigenvalue weighted by Crippen LogP contribution is -2.53. The molecular weight excluding hydrogens is 258 g/mol. The number of carbonyl (C=O) groups is 1. The minimum absolute atomic E-state index is 0.261. The van der Waals surface area contributed by atoms with Gasteiger partial charge >= 0.3 is 6.09 Å². The summed E-state index contributed by atoms with van der Waals surface area (Å²) in [4.78, 5) is 13.7. The second kappa shape index (κ2) is 3.40. The Kier molecular flexibility index (Phi) is 2.02. The van der Waals surface area contributed by atoms with Gasteiger partial charge in [0.15, 0.2) is 11.5 Å². The Hall–Kier alpha value is -1.91. The zero-order chi connectivity index (χ0) is 14.1. The molecule has 0 saturated carbocycles. The highest BCUT2D eigenvalue weighted by Gasteiger charge is 2.61. The van der Waals surface area contributed by atoms with Gasteiger partial charge in [0.2, 0.25) is 6.79 Å². The number of likely N-dealkylation sites (N-methyl/N-ethyl adjacent to an activating group) is 1. The number of nitrogens with zero attached hydrogens (tertiary/aromatic N) is 1. The number of rotatable bonds is 0.